The van der Waals surface area contributed by atoms with Crippen LogP contribution in [0.15, 0.2) is 48.5 Å². The van der Waals surface area contributed by atoms with Crippen molar-refractivity contribution in [3.63, 3.8) is 0 Å². The monoisotopic (exact) mass is 354 g/mol. The third kappa shape index (κ3) is 5.34. The fraction of sp³-hybridized carbons (Fsp3) is 0.333. The van der Waals surface area contributed by atoms with Gasteiger partial charge in [0.15, 0.2) is 0 Å². The van der Waals surface area contributed by atoms with Gasteiger partial charge < -0.3 is 15.7 Å². The molecule has 5 heteroatoms. The molecule has 0 aliphatic heterocycles. The molecule has 0 aromatic heterocycles. The van der Waals surface area contributed by atoms with E-state index in [1.165, 1.54) is 0 Å². The van der Waals surface area contributed by atoms with Crippen molar-refractivity contribution in [2.45, 2.75) is 45.6 Å². The van der Waals surface area contributed by atoms with E-state index in [0.717, 1.165) is 5.56 Å². The second kappa shape index (κ2) is 8.04. The summed E-state index contributed by atoms with van der Waals surface area (Å²) in [4.78, 5) is 24.4. The topological polar surface area (TPSA) is 78.4 Å². The van der Waals surface area contributed by atoms with Gasteiger partial charge in [-0.3, -0.25) is 9.59 Å². The Kier molecular flexibility index (Phi) is 6.03. The molecular weight excluding hydrogens is 328 g/mol. The largest absolute Gasteiger partial charge is 0.506 e. The van der Waals surface area contributed by atoms with Gasteiger partial charge in [0.05, 0.1) is 5.69 Å². The molecule has 0 aliphatic carbocycles. The van der Waals surface area contributed by atoms with Gasteiger partial charge in [0.2, 0.25) is 5.91 Å². The molecule has 2 aromatic carbocycles. The summed E-state index contributed by atoms with van der Waals surface area (Å²) in [5.41, 5.74) is 1.85. The maximum atomic E-state index is 12.3. The Morgan fingerprint density at radius 3 is 2.35 bits per heavy atom. The first kappa shape index (κ1) is 19.5. The number of carbonyl (C=O) groups excluding carboxylic acids is 2. The van der Waals surface area contributed by atoms with Crippen molar-refractivity contribution in [2.75, 3.05) is 5.32 Å². The fourth-order valence-electron chi connectivity index (χ4n) is 2.53. The van der Waals surface area contributed by atoms with Crippen molar-refractivity contribution in [3.8, 4) is 5.75 Å². The van der Waals surface area contributed by atoms with Gasteiger partial charge in [-0.15, -0.1) is 0 Å². The lowest BCUT2D eigenvalue weighted by Gasteiger charge is -2.21. The van der Waals surface area contributed by atoms with Gasteiger partial charge in [0.25, 0.3) is 5.91 Å². The number of hydrogen-bond donors (Lipinski definition) is 3. The first-order valence-electron chi connectivity index (χ1n) is 8.66. The van der Waals surface area contributed by atoms with Crippen molar-refractivity contribution in [1.82, 2.24) is 5.32 Å². The van der Waals surface area contributed by atoms with Gasteiger partial charge in [-0.25, -0.2) is 0 Å². The van der Waals surface area contributed by atoms with Crippen LogP contribution in [0.25, 0.3) is 0 Å². The zero-order valence-corrected chi connectivity index (χ0v) is 15.7. The van der Waals surface area contributed by atoms with E-state index in [1.54, 1.807) is 43.3 Å². The quantitative estimate of drug-likeness (QED) is 0.714. The summed E-state index contributed by atoms with van der Waals surface area (Å²) in [5, 5.41) is 15.5. The van der Waals surface area contributed by atoms with Crippen molar-refractivity contribution >= 4 is 17.5 Å². The van der Waals surface area contributed by atoms with E-state index >= 15 is 0 Å². The van der Waals surface area contributed by atoms with Gasteiger partial charge in [-0.1, -0.05) is 45.0 Å². The highest BCUT2D eigenvalue weighted by atomic mass is 16.3. The number of benzene rings is 2. The van der Waals surface area contributed by atoms with Crippen molar-refractivity contribution in [1.29, 1.82) is 0 Å². The van der Waals surface area contributed by atoms with Gasteiger partial charge >= 0.3 is 0 Å². The number of rotatable bonds is 5. The Bertz CT molecular complexity index is 780. The summed E-state index contributed by atoms with van der Waals surface area (Å²) < 4.78 is 0. The number of hydrogen-bond acceptors (Lipinski definition) is 3. The first-order chi connectivity index (χ1) is 12.2. The highest BCUT2D eigenvalue weighted by Crippen LogP contribution is 2.30. The molecule has 0 bridgehead atoms. The van der Waals surface area contributed by atoms with Crippen LogP contribution in [0, 0.1) is 0 Å². The molecule has 0 saturated heterocycles. The molecule has 0 radical (unpaired) electrons. The number of anilines is 1. The molecule has 0 fully saturated rings. The summed E-state index contributed by atoms with van der Waals surface area (Å²) in [5.74, 6) is -0.469. The molecule has 138 valence electrons. The van der Waals surface area contributed by atoms with E-state index in [1.807, 2.05) is 12.1 Å². The zero-order valence-electron chi connectivity index (χ0n) is 15.7. The SMILES string of the molecule is CC(CC(=O)Nc1cc(C(C)(C)C)ccc1O)NC(=O)c1ccccc1. The highest BCUT2D eigenvalue weighted by molar-refractivity contribution is 5.96. The lowest BCUT2D eigenvalue weighted by atomic mass is 9.87. The van der Waals surface area contributed by atoms with Gasteiger partial charge in [0, 0.05) is 18.0 Å². The predicted octanol–water partition coefficient (Wildman–Crippen LogP) is 3.84. The maximum absolute atomic E-state index is 12.3. The molecule has 1 atom stereocenters. The van der Waals surface area contributed by atoms with Crippen LogP contribution in [0.2, 0.25) is 0 Å². The minimum Gasteiger partial charge on any atom is -0.506 e. The standard InChI is InChI=1S/C21H26N2O3/c1-14(22-20(26)15-8-6-5-7-9-15)12-19(25)23-17-13-16(21(2,3)4)10-11-18(17)24/h5-11,13-14,24H,12H2,1-4H3,(H,22,26)(H,23,25). The molecule has 1 unspecified atom stereocenters. The summed E-state index contributed by atoms with van der Waals surface area (Å²) >= 11 is 0. The number of carbonyl (C=O) groups is 2. The molecule has 3 N–H and O–H groups in total. The Hall–Kier alpha value is -2.82. The maximum Gasteiger partial charge on any atom is 0.251 e. The van der Waals surface area contributed by atoms with Crippen molar-refractivity contribution < 1.29 is 14.7 Å². The molecule has 0 spiro atoms. The number of aromatic hydroxyl groups is 1. The van der Waals surface area contributed by atoms with E-state index in [9.17, 15) is 14.7 Å². The average molecular weight is 354 g/mol. The Morgan fingerprint density at radius 1 is 1.08 bits per heavy atom. The fourth-order valence-corrected chi connectivity index (χ4v) is 2.53. The highest BCUT2D eigenvalue weighted by Gasteiger charge is 2.18. The molecule has 0 heterocycles. The predicted molar refractivity (Wildman–Crippen MR) is 103 cm³/mol. The lowest BCUT2D eigenvalue weighted by Crippen LogP contribution is -2.35. The number of nitrogens with one attached hydrogen (secondary N) is 2. The van der Waals surface area contributed by atoms with Crippen LogP contribution in [0.3, 0.4) is 0 Å². The molecule has 0 saturated carbocycles. The molecule has 5 nitrogen and oxygen atoms in total. The Balaban J connectivity index is 1.97. The molecule has 26 heavy (non-hydrogen) atoms. The van der Waals surface area contributed by atoms with Crippen LogP contribution < -0.4 is 10.6 Å². The summed E-state index contributed by atoms with van der Waals surface area (Å²) in [6, 6.07) is 13.7. The summed E-state index contributed by atoms with van der Waals surface area (Å²) in [7, 11) is 0. The minimum atomic E-state index is -0.337. The van der Waals surface area contributed by atoms with E-state index in [4.69, 9.17) is 0 Å². The van der Waals surface area contributed by atoms with E-state index < -0.39 is 0 Å². The third-order valence-corrected chi connectivity index (χ3v) is 4.04. The second-order valence-electron chi connectivity index (χ2n) is 7.47. The molecule has 0 aliphatic rings. The summed E-state index contributed by atoms with van der Waals surface area (Å²) in [6.07, 6.45) is 0.109. The first-order valence-corrected chi connectivity index (χ1v) is 8.66. The smallest absolute Gasteiger partial charge is 0.251 e. The van der Waals surface area contributed by atoms with Crippen LogP contribution in [-0.2, 0) is 10.2 Å². The summed E-state index contributed by atoms with van der Waals surface area (Å²) in [6.45, 7) is 7.95. The second-order valence-corrected chi connectivity index (χ2v) is 7.47. The zero-order chi connectivity index (χ0) is 19.3. The molecule has 2 rings (SSSR count). The van der Waals surface area contributed by atoms with Crippen molar-refractivity contribution in [2.24, 2.45) is 0 Å². The number of phenolic OH excluding ortho intramolecular Hbond substituents is 1. The number of phenols is 1. The van der Waals surface area contributed by atoms with Gasteiger partial charge in [-0.2, -0.15) is 0 Å². The van der Waals surface area contributed by atoms with E-state index in [-0.39, 0.29) is 35.4 Å². The van der Waals surface area contributed by atoms with Crippen LogP contribution in [0.4, 0.5) is 5.69 Å². The van der Waals surface area contributed by atoms with Gasteiger partial charge in [-0.05, 0) is 42.2 Å². The Labute approximate surface area is 154 Å². The van der Waals surface area contributed by atoms with Crippen LogP contribution in [0.1, 0.15) is 50.0 Å². The average Bonchev–Trinajstić information content (AvgIpc) is 2.56. The van der Waals surface area contributed by atoms with Crippen LogP contribution >= 0.6 is 0 Å². The normalized spacial score (nSPS) is 12.3. The minimum absolute atomic E-state index is 0.0207. The van der Waals surface area contributed by atoms with E-state index in [2.05, 4.69) is 31.4 Å². The van der Waals surface area contributed by atoms with Crippen LogP contribution in [-0.4, -0.2) is 23.0 Å². The van der Waals surface area contributed by atoms with Gasteiger partial charge in [0.1, 0.15) is 5.75 Å². The van der Waals surface area contributed by atoms with Crippen LogP contribution in [0.5, 0.6) is 5.75 Å². The van der Waals surface area contributed by atoms with E-state index in [0.29, 0.717) is 11.3 Å². The van der Waals surface area contributed by atoms with Crippen molar-refractivity contribution in [3.05, 3.63) is 59.7 Å². The Morgan fingerprint density at radius 2 is 1.73 bits per heavy atom. The molecule has 2 amide bonds. The molecule has 2 aromatic rings. The lowest BCUT2D eigenvalue weighted by molar-refractivity contribution is -0.116. The number of amides is 2. The molecular formula is C21H26N2O3. The third-order valence-electron chi connectivity index (χ3n) is 4.04.